The number of hydrogen-bond acceptors (Lipinski definition) is 5. The Morgan fingerprint density at radius 2 is 1.78 bits per heavy atom. The monoisotopic (exact) mass is 360 g/mol. The molecule has 136 valence electrons. The molecule has 1 heterocycles. The van der Waals surface area contributed by atoms with E-state index in [9.17, 15) is 9.59 Å². The highest BCUT2D eigenvalue weighted by Crippen LogP contribution is 2.15. The number of nitrogens with zero attached hydrogens (tertiary/aromatic N) is 2. The van der Waals surface area contributed by atoms with Crippen molar-refractivity contribution in [2.75, 3.05) is 5.32 Å². The van der Waals surface area contributed by atoms with Gasteiger partial charge in [0.1, 0.15) is 11.5 Å². The SMILES string of the molecule is CC(=O)c1ccc(Nc2cnc(C(=O)NCc3cccc(C)c3)cn2)cc1. The average molecular weight is 360 g/mol. The Morgan fingerprint density at radius 3 is 2.41 bits per heavy atom. The lowest BCUT2D eigenvalue weighted by Gasteiger charge is -2.08. The van der Waals surface area contributed by atoms with Crippen LogP contribution in [0.4, 0.5) is 11.5 Å². The van der Waals surface area contributed by atoms with Crippen molar-refractivity contribution in [3.63, 3.8) is 0 Å². The zero-order valence-corrected chi connectivity index (χ0v) is 15.2. The number of amides is 1. The molecule has 6 nitrogen and oxygen atoms in total. The Morgan fingerprint density at radius 1 is 1.00 bits per heavy atom. The number of ketones is 1. The Kier molecular flexibility index (Phi) is 5.56. The molecule has 2 N–H and O–H groups in total. The molecule has 0 fully saturated rings. The molecular formula is C21H20N4O2. The molecule has 3 rings (SSSR count). The van der Waals surface area contributed by atoms with Crippen LogP contribution in [-0.4, -0.2) is 21.7 Å². The van der Waals surface area contributed by atoms with E-state index in [4.69, 9.17) is 0 Å². The van der Waals surface area contributed by atoms with Gasteiger partial charge < -0.3 is 10.6 Å². The first-order valence-corrected chi connectivity index (χ1v) is 8.55. The van der Waals surface area contributed by atoms with Crippen molar-refractivity contribution >= 4 is 23.2 Å². The third-order valence-electron chi connectivity index (χ3n) is 3.98. The summed E-state index contributed by atoms with van der Waals surface area (Å²) < 4.78 is 0. The van der Waals surface area contributed by atoms with Crippen LogP contribution in [0.1, 0.15) is 38.9 Å². The summed E-state index contributed by atoms with van der Waals surface area (Å²) in [6.07, 6.45) is 2.93. The summed E-state index contributed by atoms with van der Waals surface area (Å²) in [7, 11) is 0. The minimum Gasteiger partial charge on any atom is -0.347 e. The summed E-state index contributed by atoms with van der Waals surface area (Å²) >= 11 is 0. The van der Waals surface area contributed by atoms with Crippen LogP contribution >= 0.6 is 0 Å². The van der Waals surface area contributed by atoms with Gasteiger partial charge in [-0.05, 0) is 43.7 Å². The van der Waals surface area contributed by atoms with Gasteiger partial charge in [-0.2, -0.15) is 0 Å². The van der Waals surface area contributed by atoms with Crippen molar-refractivity contribution in [2.45, 2.75) is 20.4 Å². The van der Waals surface area contributed by atoms with Gasteiger partial charge in [-0.3, -0.25) is 9.59 Å². The number of carbonyl (C=O) groups is 2. The number of aryl methyl sites for hydroxylation is 1. The summed E-state index contributed by atoms with van der Waals surface area (Å²) in [5.41, 5.74) is 3.86. The van der Waals surface area contributed by atoms with E-state index in [1.807, 2.05) is 31.2 Å². The van der Waals surface area contributed by atoms with Crippen LogP contribution in [-0.2, 0) is 6.54 Å². The lowest BCUT2D eigenvalue weighted by molar-refractivity contribution is 0.0944. The first kappa shape index (κ1) is 18.3. The molecule has 3 aromatic rings. The fourth-order valence-corrected chi connectivity index (χ4v) is 2.54. The van der Waals surface area contributed by atoms with Crippen molar-refractivity contribution in [3.05, 3.63) is 83.3 Å². The molecule has 0 saturated heterocycles. The summed E-state index contributed by atoms with van der Waals surface area (Å²) in [5.74, 6) is 0.254. The van der Waals surface area contributed by atoms with Crippen LogP contribution in [0.15, 0.2) is 60.9 Å². The zero-order chi connectivity index (χ0) is 19.2. The zero-order valence-electron chi connectivity index (χ0n) is 15.2. The highest BCUT2D eigenvalue weighted by Gasteiger charge is 2.08. The lowest BCUT2D eigenvalue weighted by atomic mass is 10.1. The van der Waals surface area contributed by atoms with Gasteiger partial charge in [-0.1, -0.05) is 29.8 Å². The molecule has 0 aliphatic heterocycles. The fourth-order valence-electron chi connectivity index (χ4n) is 2.54. The van der Waals surface area contributed by atoms with Crippen molar-refractivity contribution in [3.8, 4) is 0 Å². The highest BCUT2D eigenvalue weighted by atomic mass is 16.1. The summed E-state index contributed by atoms with van der Waals surface area (Å²) in [6.45, 7) is 3.97. The van der Waals surface area contributed by atoms with E-state index in [1.165, 1.54) is 19.3 Å². The summed E-state index contributed by atoms with van der Waals surface area (Å²) in [5, 5.41) is 5.92. The van der Waals surface area contributed by atoms with Crippen molar-refractivity contribution < 1.29 is 9.59 Å². The van der Waals surface area contributed by atoms with Crippen LogP contribution in [0.25, 0.3) is 0 Å². The molecule has 0 unspecified atom stereocenters. The number of hydrogen-bond donors (Lipinski definition) is 2. The van der Waals surface area contributed by atoms with Crippen molar-refractivity contribution in [2.24, 2.45) is 0 Å². The summed E-state index contributed by atoms with van der Waals surface area (Å²) in [4.78, 5) is 31.9. The van der Waals surface area contributed by atoms with E-state index in [-0.39, 0.29) is 17.4 Å². The van der Waals surface area contributed by atoms with Gasteiger partial charge in [0.05, 0.1) is 12.4 Å². The molecular weight excluding hydrogens is 340 g/mol. The van der Waals surface area contributed by atoms with Crippen molar-refractivity contribution in [1.82, 2.24) is 15.3 Å². The van der Waals surface area contributed by atoms with E-state index < -0.39 is 0 Å². The quantitative estimate of drug-likeness (QED) is 0.656. The van der Waals surface area contributed by atoms with Gasteiger partial charge in [0.15, 0.2) is 5.78 Å². The molecule has 1 amide bonds. The molecule has 1 aromatic heterocycles. The molecule has 0 bridgehead atoms. The van der Waals surface area contributed by atoms with Gasteiger partial charge in [-0.15, -0.1) is 0 Å². The Hall–Kier alpha value is -3.54. The number of nitrogens with one attached hydrogen (secondary N) is 2. The van der Waals surface area contributed by atoms with Crippen LogP contribution < -0.4 is 10.6 Å². The molecule has 0 spiro atoms. The number of anilines is 2. The van der Waals surface area contributed by atoms with Gasteiger partial charge in [-0.25, -0.2) is 9.97 Å². The van der Waals surface area contributed by atoms with Gasteiger partial charge >= 0.3 is 0 Å². The minimum atomic E-state index is -0.277. The van der Waals surface area contributed by atoms with Crippen LogP contribution in [0.2, 0.25) is 0 Å². The maximum absolute atomic E-state index is 12.2. The third-order valence-corrected chi connectivity index (χ3v) is 3.98. The first-order chi connectivity index (χ1) is 13.0. The van der Waals surface area contributed by atoms with Gasteiger partial charge in [0.25, 0.3) is 5.91 Å². The topological polar surface area (TPSA) is 84.0 Å². The maximum Gasteiger partial charge on any atom is 0.271 e. The maximum atomic E-state index is 12.2. The largest absolute Gasteiger partial charge is 0.347 e. The predicted octanol–water partition coefficient (Wildman–Crippen LogP) is 3.66. The van der Waals surface area contributed by atoms with Crippen LogP contribution in [0, 0.1) is 6.92 Å². The molecule has 0 aliphatic carbocycles. The van der Waals surface area contributed by atoms with Gasteiger partial charge in [0, 0.05) is 17.8 Å². The highest BCUT2D eigenvalue weighted by molar-refractivity contribution is 5.94. The Bertz CT molecular complexity index is 951. The number of carbonyl (C=O) groups excluding carboxylic acids is 2. The van der Waals surface area contributed by atoms with E-state index in [1.54, 1.807) is 24.3 Å². The van der Waals surface area contributed by atoms with E-state index in [0.29, 0.717) is 17.9 Å². The predicted molar refractivity (Wildman–Crippen MR) is 104 cm³/mol. The van der Waals surface area contributed by atoms with E-state index >= 15 is 0 Å². The molecule has 0 aliphatic rings. The number of rotatable bonds is 6. The van der Waals surface area contributed by atoms with Crippen LogP contribution in [0.5, 0.6) is 0 Å². The summed E-state index contributed by atoms with van der Waals surface area (Å²) in [6, 6.07) is 15.0. The van der Waals surface area contributed by atoms with Crippen LogP contribution in [0.3, 0.4) is 0 Å². The van der Waals surface area contributed by atoms with Gasteiger partial charge in [0.2, 0.25) is 0 Å². The molecule has 0 radical (unpaired) electrons. The first-order valence-electron chi connectivity index (χ1n) is 8.55. The molecule has 6 heteroatoms. The molecule has 2 aromatic carbocycles. The molecule has 0 saturated carbocycles. The second-order valence-corrected chi connectivity index (χ2v) is 6.22. The molecule has 27 heavy (non-hydrogen) atoms. The Labute approximate surface area is 157 Å². The Balaban J connectivity index is 1.59. The standard InChI is InChI=1S/C21H20N4O2/c1-14-4-3-5-16(10-14)11-24-21(27)19-12-23-20(13-22-19)25-18-8-6-17(7-9-18)15(2)26/h3-10,12-13H,11H2,1-2H3,(H,23,25)(H,24,27). The number of aromatic nitrogens is 2. The average Bonchev–Trinajstić information content (AvgIpc) is 2.67. The normalized spacial score (nSPS) is 10.3. The van der Waals surface area contributed by atoms with E-state index in [2.05, 4.69) is 20.6 Å². The van der Waals surface area contributed by atoms with Crippen molar-refractivity contribution in [1.29, 1.82) is 0 Å². The lowest BCUT2D eigenvalue weighted by Crippen LogP contribution is -2.24. The smallest absolute Gasteiger partial charge is 0.271 e. The van der Waals surface area contributed by atoms with E-state index in [0.717, 1.165) is 16.8 Å². The minimum absolute atomic E-state index is 0.0161. The number of benzene rings is 2. The second-order valence-electron chi connectivity index (χ2n) is 6.22. The third kappa shape index (κ3) is 4.98. The fraction of sp³-hybridized carbons (Fsp3) is 0.143. The second kappa shape index (κ2) is 8.23. The molecule has 0 atom stereocenters. The number of Topliss-reactive ketones (excluding diaryl/α,β-unsaturated/α-hetero) is 1.